The normalized spacial score (nSPS) is 13.2. The Kier molecular flexibility index (Phi) is 4.63. The minimum Gasteiger partial charge on any atom is -0.309 e. The summed E-state index contributed by atoms with van der Waals surface area (Å²) in [5.41, 5.74) is 1.41. The maximum Gasteiger partial charge on any atom is 0.0177 e. The Morgan fingerprint density at radius 3 is 2.64 bits per heavy atom. The van der Waals surface area contributed by atoms with Crippen LogP contribution in [0.3, 0.4) is 0 Å². The summed E-state index contributed by atoms with van der Waals surface area (Å²) in [6.45, 7) is 3.44. The SMILES string of the molecule is C[C@@H](Cc1cccc(Br)c1)CN(C)C. The largest absolute Gasteiger partial charge is 0.309 e. The van der Waals surface area contributed by atoms with Crippen LogP contribution in [-0.4, -0.2) is 25.5 Å². The molecule has 0 aliphatic carbocycles. The summed E-state index contributed by atoms with van der Waals surface area (Å²) >= 11 is 3.49. The smallest absolute Gasteiger partial charge is 0.0177 e. The third kappa shape index (κ3) is 4.25. The van der Waals surface area contributed by atoms with Gasteiger partial charge in [0.2, 0.25) is 0 Å². The molecule has 1 nitrogen and oxygen atoms in total. The van der Waals surface area contributed by atoms with Gasteiger partial charge in [-0.3, -0.25) is 0 Å². The number of hydrogen-bond acceptors (Lipinski definition) is 1. The maximum absolute atomic E-state index is 3.49. The molecule has 2 heteroatoms. The Labute approximate surface area is 95.2 Å². The van der Waals surface area contributed by atoms with Crippen molar-refractivity contribution in [2.24, 2.45) is 5.92 Å². The Morgan fingerprint density at radius 2 is 2.07 bits per heavy atom. The second-order valence-electron chi connectivity index (χ2n) is 4.20. The molecule has 0 saturated heterocycles. The highest BCUT2D eigenvalue weighted by Crippen LogP contribution is 2.15. The van der Waals surface area contributed by atoms with E-state index in [0.29, 0.717) is 5.92 Å². The van der Waals surface area contributed by atoms with Crippen LogP contribution >= 0.6 is 15.9 Å². The lowest BCUT2D eigenvalue weighted by molar-refractivity contribution is 0.338. The van der Waals surface area contributed by atoms with Crippen LogP contribution in [-0.2, 0) is 6.42 Å². The standard InChI is InChI=1S/C12H18BrN/c1-10(9-14(2)3)7-11-5-4-6-12(13)8-11/h4-6,8,10H,7,9H2,1-3H3/t10-/m0/s1. The second-order valence-corrected chi connectivity index (χ2v) is 5.12. The van der Waals surface area contributed by atoms with Crippen LogP contribution in [0.5, 0.6) is 0 Å². The zero-order valence-corrected chi connectivity index (χ0v) is 10.7. The molecule has 0 fully saturated rings. The highest BCUT2D eigenvalue weighted by molar-refractivity contribution is 9.10. The zero-order chi connectivity index (χ0) is 10.6. The van der Waals surface area contributed by atoms with Crippen molar-refractivity contribution in [3.8, 4) is 0 Å². The molecule has 1 atom stereocenters. The molecule has 0 saturated carbocycles. The summed E-state index contributed by atoms with van der Waals surface area (Å²) in [5, 5.41) is 0. The number of benzene rings is 1. The van der Waals surface area contributed by atoms with Gasteiger partial charge in [0, 0.05) is 11.0 Å². The molecule has 0 heterocycles. The molecule has 78 valence electrons. The Balaban J connectivity index is 2.51. The van der Waals surface area contributed by atoms with E-state index in [1.807, 2.05) is 0 Å². The van der Waals surface area contributed by atoms with Crippen molar-refractivity contribution in [3.63, 3.8) is 0 Å². The third-order valence-corrected chi connectivity index (χ3v) is 2.64. The van der Waals surface area contributed by atoms with Gasteiger partial charge in [-0.1, -0.05) is 35.0 Å². The number of halogens is 1. The van der Waals surface area contributed by atoms with Crippen LogP contribution in [0.2, 0.25) is 0 Å². The van der Waals surface area contributed by atoms with E-state index in [1.165, 1.54) is 10.0 Å². The first-order valence-corrected chi connectivity index (χ1v) is 5.76. The van der Waals surface area contributed by atoms with Crippen LogP contribution in [0.1, 0.15) is 12.5 Å². The first kappa shape index (κ1) is 11.7. The van der Waals surface area contributed by atoms with Crippen LogP contribution in [0, 0.1) is 5.92 Å². The predicted molar refractivity (Wildman–Crippen MR) is 65.6 cm³/mol. The van der Waals surface area contributed by atoms with E-state index in [9.17, 15) is 0 Å². The van der Waals surface area contributed by atoms with Gasteiger partial charge in [-0.15, -0.1) is 0 Å². The van der Waals surface area contributed by atoms with Crippen molar-refractivity contribution in [2.75, 3.05) is 20.6 Å². The molecule has 0 aliphatic rings. The quantitative estimate of drug-likeness (QED) is 0.799. The van der Waals surface area contributed by atoms with Crippen molar-refractivity contribution in [1.29, 1.82) is 0 Å². The molecule has 1 rings (SSSR count). The fourth-order valence-corrected chi connectivity index (χ4v) is 2.20. The van der Waals surface area contributed by atoms with Gasteiger partial charge in [-0.05, 0) is 44.1 Å². The first-order valence-electron chi connectivity index (χ1n) is 4.97. The molecule has 14 heavy (non-hydrogen) atoms. The van der Waals surface area contributed by atoms with Gasteiger partial charge in [0.1, 0.15) is 0 Å². The maximum atomic E-state index is 3.49. The number of hydrogen-bond donors (Lipinski definition) is 0. The van der Waals surface area contributed by atoms with Crippen LogP contribution in [0.4, 0.5) is 0 Å². The molecule has 0 unspecified atom stereocenters. The molecule has 0 bridgehead atoms. The minimum absolute atomic E-state index is 0.708. The highest BCUT2D eigenvalue weighted by Gasteiger charge is 2.04. The van der Waals surface area contributed by atoms with Gasteiger partial charge in [0.15, 0.2) is 0 Å². The molecule has 0 N–H and O–H groups in total. The molecule has 1 aromatic carbocycles. The van der Waals surface area contributed by atoms with Gasteiger partial charge >= 0.3 is 0 Å². The fraction of sp³-hybridized carbons (Fsp3) is 0.500. The van der Waals surface area contributed by atoms with Gasteiger partial charge in [0.25, 0.3) is 0 Å². The van der Waals surface area contributed by atoms with E-state index in [-0.39, 0.29) is 0 Å². The summed E-state index contributed by atoms with van der Waals surface area (Å²) in [7, 11) is 4.24. The average Bonchev–Trinajstić information content (AvgIpc) is 2.01. The van der Waals surface area contributed by atoms with E-state index in [2.05, 4.69) is 66.1 Å². The molecule has 0 aliphatic heterocycles. The lowest BCUT2D eigenvalue weighted by Gasteiger charge is -2.16. The van der Waals surface area contributed by atoms with Crippen molar-refractivity contribution in [2.45, 2.75) is 13.3 Å². The summed E-state index contributed by atoms with van der Waals surface area (Å²) in [5.74, 6) is 0.708. The van der Waals surface area contributed by atoms with E-state index in [4.69, 9.17) is 0 Å². The summed E-state index contributed by atoms with van der Waals surface area (Å²) in [6.07, 6.45) is 1.15. The van der Waals surface area contributed by atoms with E-state index >= 15 is 0 Å². The topological polar surface area (TPSA) is 3.24 Å². The molecule has 0 spiro atoms. The summed E-state index contributed by atoms with van der Waals surface area (Å²) in [4.78, 5) is 2.24. The van der Waals surface area contributed by atoms with Crippen LogP contribution in [0.25, 0.3) is 0 Å². The second kappa shape index (κ2) is 5.52. The van der Waals surface area contributed by atoms with Crippen LogP contribution < -0.4 is 0 Å². The van der Waals surface area contributed by atoms with E-state index in [1.54, 1.807) is 0 Å². The van der Waals surface area contributed by atoms with Crippen molar-refractivity contribution in [1.82, 2.24) is 4.90 Å². The Hall–Kier alpha value is -0.340. The molecule has 1 aromatic rings. The first-order chi connectivity index (χ1) is 6.58. The van der Waals surface area contributed by atoms with Gasteiger partial charge in [-0.25, -0.2) is 0 Å². The molecule has 0 aromatic heterocycles. The van der Waals surface area contributed by atoms with Crippen molar-refractivity contribution < 1.29 is 0 Å². The van der Waals surface area contributed by atoms with Gasteiger partial charge in [0.05, 0.1) is 0 Å². The Morgan fingerprint density at radius 1 is 1.36 bits per heavy atom. The summed E-state index contributed by atoms with van der Waals surface area (Å²) in [6, 6.07) is 8.56. The average molecular weight is 256 g/mol. The van der Waals surface area contributed by atoms with E-state index < -0.39 is 0 Å². The van der Waals surface area contributed by atoms with Gasteiger partial charge in [-0.2, -0.15) is 0 Å². The highest BCUT2D eigenvalue weighted by atomic mass is 79.9. The number of rotatable bonds is 4. The molecule has 0 amide bonds. The van der Waals surface area contributed by atoms with Crippen LogP contribution in [0.15, 0.2) is 28.7 Å². The molecular weight excluding hydrogens is 238 g/mol. The predicted octanol–water partition coefficient (Wildman–Crippen LogP) is 3.19. The third-order valence-electron chi connectivity index (χ3n) is 2.15. The lowest BCUT2D eigenvalue weighted by atomic mass is 10.0. The van der Waals surface area contributed by atoms with E-state index in [0.717, 1.165) is 13.0 Å². The molecule has 0 radical (unpaired) electrons. The number of nitrogens with zero attached hydrogens (tertiary/aromatic N) is 1. The monoisotopic (exact) mass is 255 g/mol. The zero-order valence-electron chi connectivity index (χ0n) is 9.13. The fourth-order valence-electron chi connectivity index (χ4n) is 1.75. The van der Waals surface area contributed by atoms with Gasteiger partial charge < -0.3 is 4.90 Å². The van der Waals surface area contributed by atoms with Crippen molar-refractivity contribution >= 4 is 15.9 Å². The lowest BCUT2D eigenvalue weighted by Crippen LogP contribution is -2.21. The minimum atomic E-state index is 0.708. The Bertz CT molecular complexity index is 283. The summed E-state index contributed by atoms with van der Waals surface area (Å²) < 4.78 is 1.17. The molecular formula is C12H18BrN. The van der Waals surface area contributed by atoms with Crippen molar-refractivity contribution in [3.05, 3.63) is 34.3 Å².